The summed E-state index contributed by atoms with van der Waals surface area (Å²) in [4.78, 5) is 0. The minimum atomic E-state index is -0.926. The summed E-state index contributed by atoms with van der Waals surface area (Å²) in [6.07, 6.45) is -1.37. The molecule has 0 aromatic rings. The van der Waals surface area contributed by atoms with Crippen molar-refractivity contribution in [1.29, 1.82) is 0 Å². The normalized spacial score (nSPS) is 47.9. The van der Waals surface area contributed by atoms with Gasteiger partial charge in [0.2, 0.25) is 0 Å². The SMILES string of the molecule is [B]C1OC(CC)C(O)C1O. The van der Waals surface area contributed by atoms with Crippen LogP contribution in [-0.4, -0.2) is 42.4 Å². The molecule has 0 amide bonds. The van der Waals surface area contributed by atoms with Gasteiger partial charge in [-0.3, -0.25) is 0 Å². The van der Waals surface area contributed by atoms with Gasteiger partial charge in [0, 0.05) is 6.00 Å². The van der Waals surface area contributed by atoms with Crippen LogP contribution in [0, 0.1) is 0 Å². The minimum absolute atomic E-state index is 0.301. The first-order chi connectivity index (χ1) is 4.66. The molecule has 0 spiro atoms. The Labute approximate surface area is 61.4 Å². The molecule has 4 unspecified atom stereocenters. The molecule has 1 saturated heterocycles. The maximum absolute atomic E-state index is 9.17. The van der Waals surface area contributed by atoms with Crippen LogP contribution in [0.5, 0.6) is 0 Å². The number of aliphatic hydroxyl groups is 2. The van der Waals surface area contributed by atoms with Gasteiger partial charge in [0.1, 0.15) is 14.0 Å². The van der Waals surface area contributed by atoms with Crippen LogP contribution in [0.4, 0.5) is 0 Å². The summed E-state index contributed by atoms with van der Waals surface area (Å²) in [7, 11) is 5.30. The molecule has 0 saturated carbocycles. The molecule has 0 aliphatic carbocycles. The van der Waals surface area contributed by atoms with Crippen LogP contribution in [-0.2, 0) is 4.74 Å². The summed E-state index contributed by atoms with van der Waals surface area (Å²) >= 11 is 0. The molecule has 56 valence electrons. The molecule has 1 heterocycles. The van der Waals surface area contributed by atoms with Gasteiger partial charge in [0.15, 0.2) is 0 Å². The summed E-state index contributed by atoms with van der Waals surface area (Å²) in [6.45, 7) is 1.87. The fraction of sp³-hybridized carbons (Fsp3) is 1.00. The fourth-order valence-corrected chi connectivity index (χ4v) is 1.11. The Kier molecular flexibility index (Phi) is 2.34. The lowest BCUT2D eigenvalue weighted by Gasteiger charge is -2.11. The average Bonchev–Trinajstić information content (AvgIpc) is 2.17. The van der Waals surface area contributed by atoms with Gasteiger partial charge in [-0.25, -0.2) is 0 Å². The predicted molar refractivity (Wildman–Crippen MR) is 36.7 cm³/mol. The van der Waals surface area contributed by atoms with Gasteiger partial charge in [0.25, 0.3) is 0 Å². The van der Waals surface area contributed by atoms with E-state index in [-0.39, 0.29) is 6.10 Å². The standard InChI is InChI=1S/C6H11BO3/c1-2-3-4(8)5(9)6(7)10-3/h3-6,8-9H,2H2,1H3. The number of rotatable bonds is 1. The third-order valence-electron chi connectivity index (χ3n) is 1.80. The first kappa shape index (κ1) is 8.05. The van der Waals surface area contributed by atoms with Gasteiger partial charge in [-0.05, 0) is 6.42 Å². The van der Waals surface area contributed by atoms with Crippen molar-refractivity contribution in [1.82, 2.24) is 0 Å². The molecule has 4 atom stereocenters. The van der Waals surface area contributed by atoms with E-state index in [9.17, 15) is 5.11 Å². The van der Waals surface area contributed by atoms with Gasteiger partial charge in [0.05, 0.1) is 12.2 Å². The summed E-state index contributed by atoms with van der Waals surface area (Å²) in [5.41, 5.74) is 0. The predicted octanol–water partition coefficient (Wildman–Crippen LogP) is -0.988. The molecule has 1 aliphatic heterocycles. The molecule has 1 rings (SSSR count). The Hall–Kier alpha value is -0.0551. The second-order valence-electron chi connectivity index (χ2n) is 2.53. The van der Waals surface area contributed by atoms with Crippen molar-refractivity contribution in [3.8, 4) is 0 Å². The maximum Gasteiger partial charge on any atom is 0.112 e. The van der Waals surface area contributed by atoms with E-state index in [1.807, 2.05) is 6.92 Å². The highest BCUT2D eigenvalue weighted by atomic mass is 16.5. The zero-order valence-corrected chi connectivity index (χ0v) is 5.90. The number of aliphatic hydroxyl groups excluding tert-OH is 2. The molecule has 10 heavy (non-hydrogen) atoms. The molecule has 1 aliphatic rings. The lowest BCUT2D eigenvalue weighted by atomic mass is 9.93. The lowest BCUT2D eigenvalue weighted by Crippen LogP contribution is -2.32. The highest BCUT2D eigenvalue weighted by molar-refractivity contribution is 6.11. The van der Waals surface area contributed by atoms with Crippen LogP contribution in [0.1, 0.15) is 13.3 Å². The van der Waals surface area contributed by atoms with Crippen LogP contribution in [0.25, 0.3) is 0 Å². The smallest absolute Gasteiger partial charge is 0.112 e. The van der Waals surface area contributed by atoms with E-state index in [0.29, 0.717) is 6.42 Å². The first-order valence-electron chi connectivity index (χ1n) is 3.44. The van der Waals surface area contributed by atoms with Crippen LogP contribution in [0.15, 0.2) is 0 Å². The molecular formula is C6H11BO3. The highest BCUT2D eigenvalue weighted by Gasteiger charge is 2.38. The summed E-state index contributed by atoms with van der Waals surface area (Å²) in [6, 6.07) is -0.722. The largest absolute Gasteiger partial charge is 0.388 e. The Balaban J connectivity index is 2.53. The minimum Gasteiger partial charge on any atom is -0.388 e. The van der Waals surface area contributed by atoms with Gasteiger partial charge in [-0.1, -0.05) is 6.92 Å². The van der Waals surface area contributed by atoms with E-state index in [1.54, 1.807) is 0 Å². The number of hydrogen-bond donors (Lipinski definition) is 2. The molecular weight excluding hydrogens is 131 g/mol. The Morgan fingerprint density at radius 1 is 1.40 bits per heavy atom. The van der Waals surface area contributed by atoms with Crippen molar-refractivity contribution in [2.24, 2.45) is 0 Å². The quantitative estimate of drug-likeness (QED) is 0.462. The van der Waals surface area contributed by atoms with Gasteiger partial charge >= 0.3 is 0 Å². The zero-order chi connectivity index (χ0) is 7.72. The van der Waals surface area contributed by atoms with Gasteiger partial charge in [-0.2, -0.15) is 0 Å². The number of ether oxygens (including phenoxy) is 1. The van der Waals surface area contributed by atoms with E-state index in [2.05, 4.69) is 0 Å². The molecule has 2 N–H and O–H groups in total. The second kappa shape index (κ2) is 2.90. The average molecular weight is 142 g/mol. The topological polar surface area (TPSA) is 49.7 Å². The van der Waals surface area contributed by atoms with Crippen molar-refractivity contribution < 1.29 is 14.9 Å². The van der Waals surface area contributed by atoms with E-state index >= 15 is 0 Å². The summed E-state index contributed by atoms with van der Waals surface area (Å²) in [5.74, 6) is 0. The van der Waals surface area contributed by atoms with Crippen molar-refractivity contribution in [3.05, 3.63) is 0 Å². The molecule has 3 nitrogen and oxygen atoms in total. The fourth-order valence-electron chi connectivity index (χ4n) is 1.11. The van der Waals surface area contributed by atoms with Crippen LogP contribution < -0.4 is 0 Å². The summed E-state index contributed by atoms with van der Waals surface area (Å²) < 4.78 is 5.01. The number of hydrogen-bond acceptors (Lipinski definition) is 3. The molecule has 4 heteroatoms. The Morgan fingerprint density at radius 2 is 2.00 bits per heavy atom. The molecule has 0 aromatic heterocycles. The Morgan fingerprint density at radius 3 is 2.20 bits per heavy atom. The van der Waals surface area contributed by atoms with E-state index in [4.69, 9.17) is 17.7 Å². The molecule has 0 bridgehead atoms. The van der Waals surface area contributed by atoms with Crippen LogP contribution >= 0.6 is 0 Å². The molecule has 0 aromatic carbocycles. The van der Waals surface area contributed by atoms with Gasteiger partial charge in [-0.15, -0.1) is 0 Å². The van der Waals surface area contributed by atoms with E-state index in [1.165, 1.54) is 0 Å². The van der Waals surface area contributed by atoms with Crippen LogP contribution in [0.2, 0.25) is 0 Å². The van der Waals surface area contributed by atoms with Crippen molar-refractivity contribution in [2.75, 3.05) is 0 Å². The van der Waals surface area contributed by atoms with Crippen molar-refractivity contribution in [2.45, 2.75) is 37.7 Å². The second-order valence-corrected chi connectivity index (χ2v) is 2.53. The first-order valence-corrected chi connectivity index (χ1v) is 3.44. The third-order valence-corrected chi connectivity index (χ3v) is 1.80. The Bertz CT molecular complexity index is 120. The van der Waals surface area contributed by atoms with Crippen molar-refractivity contribution >= 4 is 7.85 Å². The maximum atomic E-state index is 9.17. The third kappa shape index (κ3) is 1.19. The monoisotopic (exact) mass is 142 g/mol. The van der Waals surface area contributed by atoms with E-state index in [0.717, 1.165) is 0 Å². The van der Waals surface area contributed by atoms with Gasteiger partial charge < -0.3 is 14.9 Å². The van der Waals surface area contributed by atoms with Crippen LogP contribution in [0.3, 0.4) is 0 Å². The lowest BCUT2D eigenvalue weighted by molar-refractivity contribution is 0.0210. The molecule has 2 radical (unpaired) electrons. The summed E-state index contributed by atoms with van der Waals surface area (Å²) in [5, 5.41) is 18.2. The highest BCUT2D eigenvalue weighted by Crippen LogP contribution is 2.20. The molecule has 1 fully saturated rings. The zero-order valence-electron chi connectivity index (χ0n) is 5.90. The van der Waals surface area contributed by atoms with Crippen molar-refractivity contribution in [3.63, 3.8) is 0 Å². The van der Waals surface area contributed by atoms with E-state index < -0.39 is 18.2 Å².